The first-order valence-corrected chi connectivity index (χ1v) is 10.0. The fourth-order valence-corrected chi connectivity index (χ4v) is 3.08. The second-order valence-electron chi connectivity index (χ2n) is 6.23. The summed E-state index contributed by atoms with van der Waals surface area (Å²) < 4.78 is 22.6. The van der Waals surface area contributed by atoms with Crippen LogP contribution in [0.3, 0.4) is 0 Å². The van der Waals surface area contributed by atoms with Crippen molar-refractivity contribution in [2.45, 2.75) is 24.8 Å². The lowest BCUT2D eigenvalue weighted by Crippen LogP contribution is -2.47. The van der Waals surface area contributed by atoms with E-state index < -0.39 is 27.9 Å². The summed E-state index contributed by atoms with van der Waals surface area (Å²) >= 11 is 6.02. The molecule has 0 heterocycles. The Bertz CT molecular complexity index is 943. The second kappa shape index (κ2) is 8.51. The van der Waals surface area contributed by atoms with Crippen LogP contribution in [0, 0.1) is 5.92 Å². The number of nitrogens with one attached hydrogen (secondary N) is 2. The van der Waals surface area contributed by atoms with Crippen LogP contribution in [0.1, 0.15) is 24.2 Å². The fourth-order valence-electron chi connectivity index (χ4n) is 2.35. The number of benzene rings is 2. The summed E-state index contributed by atoms with van der Waals surface area (Å²) in [5, 5.41) is 10.7. The number of carbonyl (C=O) groups excluding carboxylic acids is 2. The van der Waals surface area contributed by atoms with Gasteiger partial charge in [0.05, 0.1) is 15.5 Å². The van der Waals surface area contributed by atoms with E-state index in [1.54, 1.807) is 38.1 Å². The van der Waals surface area contributed by atoms with E-state index in [9.17, 15) is 18.0 Å². The number of anilines is 1. The van der Waals surface area contributed by atoms with Gasteiger partial charge in [0.2, 0.25) is 15.9 Å². The van der Waals surface area contributed by atoms with Gasteiger partial charge < -0.3 is 10.6 Å². The Labute approximate surface area is 163 Å². The van der Waals surface area contributed by atoms with Crippen LogP contribution in [0.25, 0.3) is 0 Å². The van der Waals surface area contributed by atoms with Gasteiger partial charge in [0.1, 0.15) is 6.04 Å². The van der Waals surface area contributed by atoms with E-state index in [0.717, 1.165) is 0 Å². The molecule has 2 aromatic rings. The first-order chi connectivity index (χ1) is 12.6. The summed E-state index contributed by atoms with van der Waals surface area (Å²) in [4.78, 5) is 25.0. The molecule has 0 spiro atoms. The minimum atomic E-state index is -3.81. The van der Waals surface area contributed by atoms with Gasteiger partial charge in [-0.3, -0.25) is 9.59 Å². The predicted molar refractivity (Wildman–Crippen MR) is 104 cm³/mol. The van der Waals surface area contributed by atoms with Gasteiger partial charge in [-0.1, -0.05) is 37.6 Å². The van der Waals surface area contributed by atoms with E-state index >= 15 is 0 Å². The van der Waals surface area contributed by atoms with Crippen molar-refractivity contribution in [2.24, 2.45) is 11.1 Å². The van der Waals surface area contributed by atoms with Crippen molar-refractivity contribution in [3.63, 3.8) is 0 Å². The van der Waals surface area contributed by atoms with Crippen LogP contribution in [-0.2, 0) is 14.8 Å². The Morgan fingerprint density at radius 3 is 2.15 bits per heavy atom. The highest BCUT2D eigenvalue weighted by Gasteiger charge is 2.25. The van der Waals surface area contributed by atoms with E-state index in [4.69, 9.17) is 16.7 Å². The van der Waals surface area contributed by atoms with Gasteiger partial charge in [-0.2, -0.15) is 0 Å². The molecule has 7 nitrogen and oxygen atoms in total. The van der Waals surface area contributed by atoms with Gasteiger partial charge >= 0.3 is 0 Å². The molecule has 0 aliphatic carbocycles. The van der Waals surface area contributed by atoms with Crippen molar-refractivity contribution >= 4 is 39.1 Å². The molecule has 9 heteroatoms. The average Bonchev–Trinajstić information content (AvgIpc) is 2.59. The zero-order chi connectivity index (χ0) is 20.2. The third-order valence-corrected chi connectivity index (χ3v) is 5.06. The largest absolute Gasteiger partial charge is 0.340 e. The molecule has 0 unspecified atom stereocenters. The molecule has 1 atom stereocenters. The number of nitrogens with two attached hydrogens (primary N) is 1. The van der Waals surface area contributed by atoms with Crippen LogP contribution in [0.2, 0.25) is 5.02 Å². The molecule has 0 saturated heterocycles. The molecule has 2 amide bonds. The van der Waals surface area contributed by atoms with Crippen molar-refractivity contribution in [1.82, 2.24) is 5.32 Å². The molecule has 27 heavy (non-hydrogen) atoms. The SMILES string of the molecule is CC(C)[C@H](NC(=O)c1ccccc1Cl)C(=O)Nc1ccc(S(N)(=O)=O)cc1. The quantitative estimate of drug-likeness (QED) is 0.678. The van der Waals surface area contributed by atoms with Crippen molar-refractivity contribution in [3.8, 4) is 0 Å². The van der Waals surface area contributed by atoms with E-state index in [2.05, 4.69) is 10.6 Å². The molecule has 4 N–H and O–H groups in total. The zero-order valence-corrected chi connectivity index (χ0v) is 16.3. The average molecular weight is 410 g/mol. The Hall–Kier alpha value is -2.42. The Balaban J connectivity index is 2.13. The molecule has 0 aromatic heterocycles. The maximum Gasteiger partial charge on any atom is 0.253 e. The monoisotopic (exact) mass is 409 g/mol. The summed E-state index contributed by atoms with van der Waals surface area (Å²) in [6.07, 6.45) is 0. The van der Waals surface area contributed by atoms with Gasteiger partial charge in [-0.25, -0.2) is 13.6 Å². The van der Waals surface area contributed by atoms with Crippen molar-refractivity contribution in [3.05, 3.63) is 59.1 Å². The normalized spacial score (nSPS) is 12.5. The van der Waals surface area contributed by atoms with Crippen LogP contribution in [0.5, 0.6) is 0 Å². The van der Waals surface area contributed by atoms with Crippen LogP contribution >= 0.6 is 11.6 Å². The minimum Gasteiger partial charge on any atom is -0.340 e. The number of hydrogen-bond acceptors (Lipinski definition) is 4. The van der Waals surface area contributed by atoms with Crippen molar-refractivity contribution in [2.75, 3.05) is 5.32 Å². The molecular formula is C18H20ClN3O4S. The maximum atomic E-state index is 12.6. The Morgan fingerprint density at radius 2 is 1.63 bits per heavy atom. The number of primary sulfonamides is 1. The summed E-state index contributed by atoms with van der Waals surface area (Å²) in [6.45, 7) is 3.59. The van der Waals surface area contributed by atoms with E-state index in [-0.39, 0.29) is 21.4 Å². The lowest BCUT2D eigenvalue weighted by atomic mass is 10.0. The summed E-state index contributed by atoms with van der Waals surface area (Å²) in [5.74, 6) is -1.09. The van der Waals surface area contributed by atoms with Crippen LogP contribution in [0.15, 0.2) is 53.4 Å². The van der Waals surface area contributed by atoms with Crippen LogP contribution in [-0.4, -0.2) is 26.3 Å². The van der Waals surface area contributed by atoms with Crippen molar-refractivity contribution < 1.29 is 18.0 Å². The molecule has 0 radical (unpaired) electrons. The third kappa shape index (κ3) is 5.53. The molecule has 0 aliphatic rings. The number of hydrogen-bond donors (Lipinski definition) is 3. The maximum absolute atomic E-state index is 12.6. The van der Waals surface area contributed by atoms with E-state index in [1.807, 2.05) is 0 Å². The number of halogens is 1. The number of sulfonamides is 1. The first-order valence-electron chi connectivity index (χ1n) is 8.08. The lowest BCUT2D eigenvalue weighted by Gasteiger charge is -2.22. The fraction of sp³-hybridized carbons (Fsp3) is 0.222. The van der Waals surface area contributed by atoms with Crippen LogP contribution < -0.4 is 15.8 Å². The summed E-state index contributed by atoms with van der Waals surface area (Å²) in [5.41, 5.74) is 0.653. The van der Waals surface area contributed by atoms with Gasteiger partial charge in [0.25, 0.3) is 5.91 Å². The smallest absolute Gasteiger partial charge is 0.253 e. The van der Waals surface area contributed by atoms with Gasteiger partial charge in [0.15, 0.2) is 0 Å². The standard InChI is InChI=1S/C18H20ClN3O4S/c1-11(2)16(22-17(23)14-5-3-4-6-15(14)19)18(24)21-12-7-9-13(10-8-12)27(20,25)26/h3-11,16H,1-2H3,(H,21,24)(H,22,23)(H2,20,25,26)/t16-/m0/s1. The van der Waals surface area contributed by atoms with Gasteiger partial charge in [0, 0.05) is 5.69 Å². The highest BCUT2D eigenvalue weighted by atomic mass is 35.5. The number of rotatable bonds is 6. The third-order valence-electron chi connectivity index (χ3n) is 3.80. The molecule has 2 aromatic carbocycles. The number of carbonyl (C=O) groups is 2. The zero-order valence-electron chi connectivity index (χ0n) is 14.8. The highest BCUT2D eigenvalue weighted by molar-refractivity contribution is 7.89. The minimum absolute atomic E-state index is 0.0621. The van der Waals surface area contributed by atoms with Crippen LogP contribution in [0.4, 0.5) is 5.69 Å². The Kier molecular flexibility index (Phi) is 6.59. The molecule has 0 saturated carbocycles. The van der Waals surface area contributed by atoms with Crippen molar-refractivity contribution in [1.29, 1.82) is 0 Å². The predicted octanol–water partition coefficient (Wildman–Crippen LogP) is 2.38. The second-order valence-corrected chi connectivity index (χ2v) is 8.20. The topological polar surface area (TPSA) is 118 Å². The molecule has 2 rings (SSSR count). The molecule has 0 aliphatic heterocycles. The summed E-state index contributed by atoms with van der Waals surface area (Å²) in [7, 11) is -3.81. The molecule has 0 bridgehead atoms. The molecular weight excluding hydrogens is 390 g/mol. The molecule has 0 fully saturated rings. The van der Waals surface area contributed by atoms with Gasteiger partial charge in [-0.15, -0.1) is 0 Å². The van der Waals surface area contributed by atoms with Gasteiger partial charge in [-0.05, 0) is 42.3 Å². The summed E-state index contributed by atoms with van der Waals surface area (Å²) in [6, 6.07) is 11.2. The lowest BCUT2D eigenvalue weighted by molar-refractivity contribution is -0.118. The molecule has 144 valence electrons. The first kappa shape index (κ1) is 20.9. The Morgan fingerprint density at radius 1 is 1.04 bits per heavy atom. The number of amides is 2. The van der Waals surface area contributed by atoms with E-state index in [0.29, 0.717) is 5.69 Å². The highest BCUT2D eigenvalue weighted by Crippen LogP contribution is 2.17. The van der Waals surface area contributed by atoms with E-state index in [1.165, 1.54) is 24.3 Å².